The van der Waals surface area contributed by atoms with Gasteiger partial charge in [-0.25, -0.2) is 0 Å². The Morgan fingerprint density at radius 3 is 2.33 bits per heavy atom. The molecule has 3 nitrogen and oxygen atoms in total. The van der Waals surface area contributed by atoms with Gasteiger partial charge in [-0.3, -0.25) is 0 Å². The lowest BCUT2D eigenvalue weighted by molar-refractivity contribution is 0.173. The number of hydrogen-bond donors (Lipinski definition) is 1. The normalized spacial score (nSPS) is 13.7. The van der Waals surface area contributed by atoms with E-state index < -0.39 is 0 Å². The molecule has 1 aromatic rings. The summed E-state index contributed by atoms with van der Waals surface area (Å²) in [6.45, 7) is 7.59. The fourth-order valence-electron chi connectivity index (χ4n) is 1.93. The van der Waals surface area contributed by atoms with Crippen LogP contribution in [0.1, 0.15) is 38.9 Å². The highest BCUT2D eigenvalue weighted by atomic mass is 16.3. The lowest BCUT2D eigenvalue weighted by atomic mass is 10.1. The summed E-state index contributed by atoms with van der Waals surface area (Å²) in [5.74, 6) is 0.0193. The molecule has 18 heavy (non-hydrogen) atoms. The van der Waals surface area contributed by atoms with Gasteiger partial charge in [-0.05, 0) is 38.0 Å². The molecular weight excluding hydrogens is 224 g/mol. The van der Waals surface area contributed by atoms with E-state index in [1.807, 2.05) is 38.1 Å². The number of rotatable bonds is 6. The van der Waals surface area contributed by atoms with Gasteiger partial charge in [0.25, 0.3) is 0 Å². The maximum atomic E-state index is 9.74. The molecule has 1 aromatic carbocycles. The van der Waals surface area contributed by atoms with Crippen molar-refractivity contribution in [2.24, 2.45) is 5.92 Å². The summed E-state index contributed by atoms with van der Waals surface area (Å²) in [6.07, 6.45) is 0.342. The molecule has 0 aromatic heterocycles. The number of hydrogen-bond acceptors (Lipinski definition) is 3. The summed E-state index contributed by atoms with van der Waals surface area (Å²) in [5, 5.41) is 18.6. The van der Waals surface area contributed by atoms with Crippen LogP contribution >= 0.6 is 0 Å². The molecule has 0 aliphatic carbocycles. The van der Waals surface area contributed by atoms with E-state index in [4.69, 9.17) is 5.26 Å². The standard InChI is InChI=1S/C15H22N2O/c1-4-15(18)13-6-8-14(9-7-13)17(5-2)11-12(3)10-16/h6-9,12,15,18H,4-5,11H2,1-3H3/t12?,15-/m0/s1. The molecule has 0 fully saturated rings. The number of nitriles is 1. The average molecular weight is 246 g/mol. The predicted molar refractivity (Wildman–Crippen MR) is 74.4 cm³/mol. The van der Waals surface area contributed by atoms with E-state index in [2.05, 4.69) is 17.9 Å². The van der Waals surface area contributed by atoms with Crippen molar-refractivity contribution in [2.75, 3.05) is 18.0 Å². The summed E-state index contributed by atoms with van der Waals surface area (Å²) in [4.78, 5) is 2.18. The van der Waals surface area contributed by atoms with Crippen LogP contribution in [-0.2, 0) is 0 Å². The van der Waals surface area contributed by atoms with Crippen molar-refractivity contribution in [2.45, 2.75) is 33.3 Å². The van der Waals surface area contributed by atoms with Crippen LogP contribution < -0.4 is 4.90 Å². The first-order chi connectivity index (χ1) is 8.62. The molecule has 3 heteroatoms. The molecule has 2 atom stereocenters. The Bertz CT molecular complexity index is 394. The second-order valence-electron chi connectivity index (χ2n) is 4.58. The van der Waals surface area contributed by atoms with Crippen molar-refractivity contribution < 1.29 is 5.11 Å². The first-order valence-corrected chi connectivity index (χ1v) is 6.54. The molecule has 0 bridgehead atoms. The smallest absolute Gasteiger partial charge is 0.0787 e. The van der Waals surface area contributed by atoms with Crippen LogP contribution in [0.2, 0.25) is 0 Å². The second kappa shape index (κ2) is 7.03. The summed E-state index contributed by atoms with van der Waals surface area (Å²) >= 11 is 0. The summed E-state index contributed by atoms with van der Waals surface area (Å²) in [7, 11) is 0. The third-order valence-corrected chi connectivity index (χ3v) is 3.13. The molecule has 0 saturated carbocycles. The van der Waals surface area contributed by atoms with Crippen LogP contribution in [0.3, 0.4) is 0 Å². The van der Waals surface area contributed by atoms with Gasteiger partial charge >= 0.3 is 0 Å². The van der Waals surface area contributed by atoms with Gasteiger partial charge in [-0.15, -0.1) is 0 Å². The fraction of sp³-hybridized carbons (Fsp3) is 0.533. The monoisotopic (exact) mass is 246 g/mol. The first-order valence-electron chi connectivity index (χ1n) is 6.54. The molecule has 1 N–H and O–H groups in total. The highest BCUT2D eigenvalue weighted by molar-refractivity contribution is 5.48. The Kier molecular flexibility index (Phi) is 5.67. The van der Waals surface area contributed by atoms with Crippen molar-refractivity contribution in [1.29, 1.82) is 5.26 Å². The largest absolute Gasteiger partial charge is 0.388 e. The molecule has 0 saturated heterocycles. The van der Waals surface area contributed by atoms with Gasteiger partial charge in [0.2, 0.25) is 0 Å². The van der Waals surface area contributed by atoms with E-state index >= 15 is 0 Å². The summed E-state index contributed by atoms with van der Waals surface area (Å²) in [6, 6.07) is 10.2. The van der Waals surface area contributed by atoms with Gasteiger partial charge in [0, 0.05) is 18.8 Å². The van der Waals surface area contributed by atoms with Crippen molar-refractivity contribution in [3.63, 3.8) is 0 Å². The van der Waals surface area contributed by atoms with Gasteiger partial charge in [0.05, 0.1) is 18.1 Å². The Hall–Kier alpha value is -1.53. The highest BCUT2D eigenvalue weighted by Gasteiger charge is 2.10. The lowest BCUT2D eigenvalue weighted by Crippen LogP contribution is -2.27. The first kappa shape index (κ1) is 14.5. The van der Waals surface area contributed by atoms with Gasteiger partial charge < -0.3 is 10.0 Å². The Balaban J connectivity index is 2.79. The Morgan fingerprint density at radius 1 is 1.28 bits per heavy atom. The van der Waals surface area contributed by atoms with Gasteiger partial charge in [0.1, 0.15) is 0 Å². The van der Waals surface area contributed by atoms with Crippen LogP contribution in [0.4, 0.5) is 5.69 Å². The van der Waals surface area contributed by atoms with Crippen molar-refractivity contribution in [3.8, 4) is 6.07 Å². The molecule has 0 aliphatic heterocycles. The van der Waals surface area contributed by atoms with E-state index in [0.29, 0.717) is 0 Å². The van der Waals surface area contributed by atoms with Gasteiger partial charge in [0.15, 0.2) is 0 Å². The second-order valence-corrected chi connectivity index (χ2v) is 4.58. The molecule has 0 heterocycles. The number of nitrogens with zero attached hydrogens (tertiary/aromatic N) is 2. The zero-order valence-corrected chi connectivity index (χ0v) is 11.4. The Morgan fingerprint density at radius 2 is 1.89 bits per heavy atom. The van der Waals surface area contributed by atoms with Crippen LogP contribution in [0.15, 0.2) is 24.3 Å². The highest BCUT2D eigenvalue weighted by Crippen LogP contribution is 2.21. The minimum atomic E-state index is -0.382. The quantitative estimate of drug-likeness (QED) is 0.839. The van der Waals surface area contributed by atoms with Crippen LogP contribution in [-0.4, -0.2) is 18.2 Å². The van der Waals surface area contributed by atoms with E-state index in [1.165, 1.54) is 0 Å². The molecule has 1 rings (SSSR count). The van der Waals surface area contributed by atoms with E-state index in [1.54, 1.807) is 0 Å². The van der Waals surface area contributed by atoms with E-state index in [9.17, 15) is 5.11 Å². The molecule has 0 amide bonds. The predicted octanol–water partition coefficient (Wildman–Crippen LogP) is 3.12. The maximum Gasteiger partial charge on any atom is 0.0787 e. The number of aliphatic hydroxyl groups is 1. The average Bonchev–Trinajstić information content (AvgIpc) is 2.43. The molecule has 0 radical (unpaired) electrons. The molecule has 98 valence electrons. The zero-order valence-electron chi connectivity index (χ0n) is 11.4. The van der Waals surface area contributed by atoms with Crippen LogP contribution in [0, 0.1) is 17.2 Å². The number of anilines is 1. The molecule has 0 aliphatic rings. The van der Waals surface area contributed by atoms with Gasteiger partial charge in [-0.1, -0.05) is 19.1 Å². The fourth-order valence-corrected chi connectivity index (χ4v) is 1.93. The number of aliphatic hydroxyl groups excluding tert-OH is 1. The van der Waals surface area contributed by atoms with Crippen molar-refractivity contribution >= 4 is 5.69 Å². The van der Waals surface area contributed by atoms with Crippen LogP contribution in [0.5, 0.6) is 0 Å². The van der Waals surface area contributed by atoms with Crippen LogP contribution in [0.25, 0.3) is 0 Å². The summed E-state index contributed by atoms with van der Waals surface area (Å²) < 4.78 is 0. The van der Waals surface area contributed by atoms with Crippen molar-refractivity contribution in [1.82, 2.24) is 0 Å². The molecule has 1 unspecified atom stereocenters. The van der Waals surface area contributed by atoms with Crippen molar-refractivity contribution in [3.05, 3.63) is 29.8 Å². The van der Waals surface area contributed by atoms with E-state index in [0.717, 1.165) is 30.8 Å². The zero-order chi connectivity index (χ0) is 13.5. The summed E-state index contributed by atoms with van der Waals surface area (Å²) in [5.41, 5.74) is 2.05. The topological polar surface area (TPSA) is 47.3 Å². The molecule has 0 spiro atoms. The SMILES string of the molecule is CC[C@H](O)c1ccc(N(CC)CC(C)C#N)cc1. The lowest BCUT2D eigenvalue weighted by Gasteiger charge is -2.24. The number of benzene rings is 1. The van der Waals surface area contributed by atoms with E-state index in [-0.39, 0.29) is 12.0 Å². The van der Waals surface area contributed by atoms with Gasteiger partial charge in [-0.2, -0.15) is 5.26 Å². The molecular formula is C15H22N2O. The minimum absolute atomic E-state index is 0.0193. The minimum Gasteiger partial charge on any atom is -0.388 e. The Labute approximate surface area is 110 Å². The third kappa shape index (κ3) is 3.75. The third-order valence-electron chi connectivity index (χ3n) is 3.13. The maximum absolute atomic E-state index is 9.74.